The topological polar surface area (TPSA) is 42.1 Å². The van der Waals surface area contributed by atoms with Crippen molar-refractivity contribution in [2.75, 3.05) is 72.5 Å². The van der Waals surface area contributed by atoms with Crippen molar-refractivity contribution in [1.82, 2.24) is 24.9 Å². The van der Waals surface area contributed by atoms with Gasteiger partial charge in [-0.25, -0.2) is 0 Å². The molecular formula is C21H35Cl2N5O. The number of nitrogens with one attached hydrogen (secondary N) is 1. The summed E-state index contributed by atoms with van der Waals surface area (Å²) in [6, 6.07) is 10.8. The Morgan fingerprint density at radius 3 is 2.28 bits per heavy atom. The third kappa shape index (κ3) is 5.84. The minimum atomic E-state index is -0.137. The molecule has 29 heavy (non-hydrogen) atoms. The zero-order chi connectivity index (χ0) is 18.6. The van der Waals surface area contributed by atoms with Gasteiger partial charge in [0.1, 0.15) is 6.04 Å². The normalized spacial score (nSPS) is 25.1. The molecule has 2 unspecified atom stereocenters. The number of carbonyl (C=O) groups excluding carboxylic acids is 1. The summed E-state index contributed by atoms with van der Waals surface area (Å²) in [6.07, 6.45) is 1.11. The van der Waals surface area contributed by atoms with Crippen molar-refractivity contribution >= 4 is 30.7 Å². The molecule has 6 nitrogen and oxygen atoms in total. The first-order valence-corrected chi connectivity index (χ1v) is 10.4. The van der Waals surface area contributed by atoms with Gasteiger partial charge in [-0.2, -0.15) is 0 Å². The first-order chi connectivity index (χ1) is 13.2. The van der Waals surface area contributed by atoms with Crippen molar-refractivity contribution in [3.8, 4) is 0 Å². The Morgan fingerprint density at radius 1 is 0.966 bits per heavy atom. The summed E-state index contributed by atoms with van der Waals surface area (Å²) in [4.78, 5) is 23.0. The molecule has 0 radical (unpaired) electrons. The first kappa shape index (κ1) is 24.4. The molecule has 1 aromatic carbocycles. The maximum absolute atomic E-state index is 13.6. The summed E-state index contributed by atoms with van der Waals surface area (Å²) in [7, 11) is 2.16. The average Bonchev–Trinajstić information content (AvgIpc) is 3.21. The number of piperazine rings is 2. The van der Waals surface area contributed by atoms with Crippen molar-refractivity contribution in [1.29, 1.82) is 0 Å². The Labute approximate surface area is 187 Å². The molecule has 3 fully saturated rings. The van der Waals surface area contributed by atoms with Gasteiger partial charge in [-0.3, -0.25) is 14.6 Å². The summed E-state index contributed by atoms with van der Waals surface area (Å²) in [6.45, 7) is 10.1. The number of likely N-dealkylation sites (N-methyl/N-ethyl adjacent to an activating group) is 1. The second-order valence-electron chi connectivity index (χ2n) is 8.17. The molecule has 4 rings (SSSR count). The van der Waals surface area contributed by atoms with E-state index in [4.69, 9.17) is 0 Å². The summed E-state index contributed by atoms with van der Waals surface area (Å²) >= 11 is 0. The maximum Gasteiger partial charge on any atom is 0.244 e. The van der Waals surface area contributed by atoms with Gasteiger partial charge in [0.2, 0.25) is 5.91 Å². The van der Waals surface area contributed by atoms with Gasteiger partial charge in [0.15, 0.2) is 0 Å². The van der Waals surface area contributed by atoms with Crippen molar-refractivity contribution in [3.63, 3.8) is 0 Å². The minimum absolute atomic E-state index is 0. The first-order valence-electron chi connectivity index (χ1n) is 10.4. The lowest BCUT2D eigenvalue weighted by molar-refractivity contribution is -0.137. The van der Waals surface area contributed by atoms with Gasteiger partial charge in [-0.1, -0.05) is 30.3 Å². The van der Waals surface area contributed by atoms with Crippen molar-refractivity contribution in [2.24, 2.45) is 0 Å². The third-order valence-corrected chi connectivity index (χ3v) is 6.40. The molecule has 2 atom stereocenters. The molecule has 8 heteroatoms. The largest absolute Gasteiger partial charge is 0.339 e. The predicted octanol–water partition coefficient (Wildman–Crippen LogP) is 1.32. The Bertz CT molecular complexity index is 621. The van der Waals surface area contributed by atoms with Gasteiger partial charge in [0.25, 0.3) is 0 Å². The summed E-state index contributed by atoms with van der Waals surface area (Å²) in [5.41, 5.74) is 1.14. The molecule has 3 heterocycles. The second-order valence-corrected chi connectivity index (χ2v) is 8.17. The van der Waals surface area contributed by atoms with Crippen LogP contribution in [-0.4, -0.2) is 104 Å². The SMILES string of the molecule is CN1CCN(C(C(=O)N2CCC(N3CCNCC3)C2)c2ccccc2)CC1.Cl.Cl. The standard InChI is InChI=1S/C21H33N5O.2ClH/c1-23-13-15-25(16-14-23)20(18-5-3-2-4-6-18)21(27)26-10-7-19(17-26)24-11-8-22-9-12-24;;/h2-6,19-20,22H,7-17H2,1H3;2*1H. The van der Waals surface area contributed by atoms with Crippen LogP contribution in [0, 0.1) is 0 Å². The fourth-order valence-electron chi connectivity index (χ4n) is 4.69. The molecule has 3 saturated heterocycles. The van der Waals surface area contributed by atoms with E-state index >= 15 is 0 Å². The average molecular weight is 444 g/mol. The maximum atomic E-state index is 13.6. The van der Waals surface area contributed by atoms with Crippen LogP contribution in [0.3, 0.4) is 0 Å². The van der Waals surface area contributed by atoms with Crippen LogP contribution >= 0.6 is 24.8 Å². The molecular weight excluding hydrogens is 409 g/mol. The highest BCUT2D eigenvalue weighted by atomic mass is 35.5. The Balaban J connectivity index is 0.00000150. The highest BCUT2D eigenvalue weighted by molar-refractivity contribution is 5.85. The van der Waals surface area contributed by atoms with Crippen LogP contribution in [0.1, 0.15) is 18.0 Å². The van der Waals surface area contributed by atoms with Crippen LogP contribution in [-0.2, 0) is 4.79 Å². The minimum Gasteiger partial charge on any atom is -0.339 e. The zero-order valence-electron chi connectivity index (χ0n) is 17.3. The number of carbonyl (C=O) groups is 1. The van der Waals surface area contributed by atoms with E-state index in [1.54, 1.807) is 0 Å². The fraction of sp³-hybridized carbons (Fsp3) is 0.667. The van der Waals surface area contributed by atoms with E-state index in [9.17, 15) is 4.79 Å². The molecule has 3 aliphatic heterocycles. The number of halogens is 2. The molecule has 0 bridgehead atoms. The van der Waals surface area contributed by atoms with Crippen LogP contribution in [0.5, 0.6) is 0 Å². The van der Waals surface area contributed by atoms with E-state index < -0.39 is 0 Å². The molecule has 1 N–H and O–H groups in total. The molecule has 0 aliphatic carbocycles. The molecule has 0 saturated carbocycles. The van der Waals surface area contributed by atoms with Crippen molar-refractivity contribution < 1.29 is 4.79 Å². The van der Waals surface area contributed by atoms with Crippen LogP contribution < -0.4 is 5.32 Å². The quantitative estimate of drug-likeness (QED) is 0.759. The van der Waals surface area contributed by atoms with E-state index in [0.717, 1.165) is 77.4 Å². The zero-order valence-corrected chi connectivity index (χ0v) is 19.0. The van der Waals surface area contributed by atoms with Crippen molar-refractivity contribution in [3.05, 3.63) is 35.9 Å². The molecule has 0 spiro atoms. The van der Waals surface area contributed by atoms with E-state index in [0.29, 0.717) is 11.9 Å². The van der Waals surface area contributed by atoms with Crippen LogP contribution in [0.4, 0.5) is 0 Å². The van der Waals surface area contributed by atoms with Crippen LogP contribution in [0.25, 0.3) is 0 Å². The van der Waals surface area contributed by atoms with Gasteiger partial charge in [-0.15, -0.1) is 24.8 Å². The third-order valence-electron chi connectivity index (χ3n) is 6.40. The summed E-state index contributed by atoms with van der Waals surface area (Å²) in [5, 5.41) is 3.43. The van der Waals surface area contributed by atoms with Crippen LogP contribution in [0.15, 0.2) is 30.3 Å². The van der Waals surface area contributed by atoms with Crippen molar-refractivity contribution in [2.45, 2.75) is 18.5 Å². The van der Waals surface area contributed by atoms with Gasteiger partial charge >= 0.3 is 0 Å². The lowest BCUT2D eigenvalue weighted by atomic mass is 10.0. The Kier molecular flexibility index (Phi) is 9.66. The highest BCUT2D eigenvalue weighted by Crippen LogP contribution is 2.27. The lowest BCUT2D eigenvalue weighted by Crippen LogP contribution is -2.51. The number of likely N-dealkylation sites (tertiary alicyclic amines) is 1. The lowest BCUT2D eigenvalue weighted by Gasteiger charge is -2.39. The fourth-order valence-corrected chi connectivity index (χ4v) is 4.69. The monoisotopic (exact) mass is 443 g/mol. The van der Waals surface area contributed by atoms with Gasteiger partial charge in [0, 0.05) is 71.5 Å². The smallest absolute Gasteiger partial charge is 0.244 e. The van der Waals surface area contributed by atoms with E-state index in [1.807, 2.05) is 6.07 Å². The van der Waals surface area contributed by atoms with Gasteiger partial charge in [0.05, 0.1) is 0 Å². The number of hydrogen-bond acceptors (Lipinski definition) is 5. The molecule has 1 aromatic rings. The second kappa shape index (κ2) is 11.5. The number of amides is 1. The Morgan fingerprint density at radius 2 is 1.62 bits per heavy atom. The van der Waals surface area contributed by atoms with E-state index in [1.165, 1.54) is 0 Å². The predicted molar refractivity (Wildman–Crippen MR) is 122 cm³/mol. The molecule has 164 valence electrons. The number of hydrogen-bond donors (Lipinski definition) is 1. The van der Waals surface area contributed by atoms with Gasteiger partial charge in [-0.05, 0) is 19.0 Å². The molecule has 3 aliphatic rings. The van der Waals surface area contributed by atoms with Gasteiger partial charge < -0.3 is 15.1 Å². The summed E-state index contributed by atoms with van der Waals surface area (Å²) < 4.78 is 0. The summed E-state index contributed by atoms with van der Waals surface area (Å²) in [5.74, 6) is 0.295. The molecule has 1 amide bonds. The highest BCUT2D eigenvalue weighted by Gasteiger charge is 2.37. The number of nitrogens with zero attached hydrogens (tertiary/aromatic N) is 4. The number of rotatable bonds is 4. The molecule has 0 aromatic heterocycles. The Hall–Kier alpha value is -0.890. The van der Waals surface area contributed by atoms with E-state index in [2.05, 4.69) is 56.2 Å². The number of benzene rings is 1. The van der Waals surface area contributed by atoms with E-state index in [-0.39, 0.29) is 30.9 Å². The van der Waals surface area contributed by atoms with Crippen LogP contribution in [0.2, 0.25) is 0 Å².